The number of halogens is 1. The van der Waals surface area contributed by atoms with Crippen molar-refractivity contribution in [2.24, 2.45) is 5.92 Å². The maximum Gasteiger partial charge on any atom is 0.0814 e. The zero-order valence-corrected chi connectivity index (χ0v) is 11.9. The van der Waals surface area contributed by atoms with Crippen molar-refractivity contribution in [2.45, 2.75) is 44.7 Å². The molecule has 4 nitrogen and oxygen atoms in total. The highest BCUT2D eigenvalue weighted by Crippen LogP contribution is 2.37. The molecule has 0 radical (unpaired) electrons. The van der Waals surface area contributed by atoms with Crippen LogP contribution in [0.25, 0.3) is 0 Å². The number of aliphatic hydroxyl groups excluding tert-OH is 1. The Hall–Kier alpha value is -0.580. The van der Waals surface area contributed by atoms with Crippen molar-refractivity contribution in [1.29, 1.82) is 0 Å². The van der Waals surface area contributed by atoms with Crippen LogP contribution in [0.5, 0.6) is 0 Å². The van der Waals surface area contributed by atoms with Crippen molar-refractivity contribution in [3.63, 3.8) is 0 Å². The summed E-state index contributed by atoms with van der Waals surface area (Å²) in [6.07, 6.45) is 6.15. The first-order chi connectivity index (χ1) is 8.63. The van der Waals surface area contributed by atoms with Crippen LogP contribution in [0.15, 0.2) is 6.20 Å². The van der Waals surface area contributed by atoms with Crippen molar-refractivity contribution in [1.82, 2.24) is 15.1 Å². The van der Waals surface area contributed by atoms with E-state index in [1.165, 1.54) is 12.8 Å². The second-order valence-electron chi connectivity index (χ2n) is 5.24. The predicted molar refractivity (Wildman–Crippen MR) is 72.8 cm³/mol. The van der Waals surface area contributed by atoms with Gasteiger partial charge in [0.2, 0.25) is 0 Å². The summed E-state index contributed by atoms with van der Waals surface area (Å²) in [7, 11) is 1.95. The molecule has 102 valence electrons. The molecule has 5 heteroatoms. The van der Waals surface area contributed by atoms with Crippen LogP contribution >= 0.6 is 11.6 Å². The fourth-order valence-electron chi connectivity index (χ4n) is 3.11. The molecule has 0 amide bonds. The van der Waals surface area contributed by atoms with E-state index in [1.807, 2.05) is 18.7 Å². The monoisotopic (exact) mass is 271 g/mol. The maximum absolute atomic E-state index is 9.64. The van der Waals surface area contributed by atoms with Crippen molar-refractivity contribution in [3.8, 4) is 0 Å². The molecule has 0 aromatic carbocycles. The highest BCUT2D eigenvalue weighted by atomic mass is 35.5. The summed E-state index contributed by atoms with van der Waals surface area (Å²) < 4.78 is 1.96. The Kier molecular flexibility index (Phi) is 4.30. The lowest BCUT2D eigenvalue weighted by Crippen LogP contribution is -2.49. The van der Waals surface area contributed by atoms with Crippen LogP contribution in [-0.4, -0.2) is 34.1 Å². The molecule has 2 unspecified atom stereocenters. The summed E-state index contributed by atoms with van der Waals surface area (Å²) in [6.45, 7) is 3.07. The van der Waals surface area contributed by atoms with E-state index >= 15 is 0 Å². The standard InChI is InChI=1S/C13H22ClN3O/c1-10-12(14)8-16-17(10)7-5-11-4-3-6-13(11,9-18)15-2/h8,11,15,18H,3-7,9H2,1-2H3. The Morgan fingerprint density at radius 2 is 2.44 bits per heavy atom. The van der Waals surface area contributed by atoms with E-state index in [-0.39, 0.29) is 12.1 Å². The SMILES string of the molecule is CNC1(CO)CCCC1CCn1ncc(Cl)c1C. The van der Waals surface area contributed by atoms with Gasteiger partial charge in [0.25, 0.3) is 0 Å². The van der Waals surface area contributed by atoms with E-state index in [1.54, 1.807) is 6.20 Å². The van der Waals surface area contributed by atoms with Gasteiger partial charge in [0, 0.05) is 12.1 Å². The molecule has 1 heterocycles. The normalized spacial score (nSPS) is 27.9. The molecule has 1 aliphatic rings. The summed E-state index contributed by atoms with van der Waals surface area (Å²) in [5.74, 6) is 0.509. The van der Waals surface area contributed by atoms with E-state index in [0.29, 0.717) is 5.92 Å². The number of aliphatic hydroxyl groups is 1. The number of rotatable bonds is 5. The molecule has 0 aliphatic heterocycles. The average molecular weight is 272 g/mol. The second-order valence-corrected chi connectivity index (χ2v) is 5.65. The van der Waals surface area contributed by atoms with Gasteiger partial charge in [-0.2, -0.15) is 5.10 Å². The van der Waals surface area contributed by atoms with Crippen molar-refractivity contribution < 1.29 is 5.11 Å². The van der Waals surface area contributed by atoms with Crippen molar-refractivity contribution in [3.05, 3.63) is 16.9 Å². The van der Waals surface area contributed by atoms with Gasteiger partial charge in [-0.3, -0.25) is 4.68 Å². The molecule has 2 atom stereocenters. The maximum atomic E-state index is 9.64. The first-order valence-corrected chi connectivity index (χ1v) is 6.98. The third-order valence-corrected chi connectivity index (χ3v) is 4.84. The summed E-state index contributed by atoms with van der Waals surface area (Å²) in [5, 5.41) is 18.0. The Labute approximate surface area is 113 Å². The highest BCUT2D eigenvalue weighted by Gasteiger charge is 2.40. The Morgan fingerprint density at radius 3 is 3.00 bits per heavy atom. The highest BCUT2D eigenvalue weighted by molar-refractivity contribution is 6.31. The fourth-order valence-corrected chi connectivity index (χ4v) is 3.25. The molecule has 1 fully saturated rings. The number of nitrogens with zero attached hydrogens (tertiary/aromatic N) is 2. The van der Waals surface area contributed by atoms with Gasteiger partial charge in [0.05, 0.1) is 23.5 Å². The van der Waals surface area contributed by atoms with Crippen LogP contribution in [0.4, 0.5) is 0 Å². The van der Waals surface area contributed by atoms with Gasteiger partial charge >= 0.3 is 0 Å². The minimum atomic E-state index is -0.0924. The van der Waals surface area contributed by atoms with Crippen LogP contribution in [-0.2, 0) is 6.54 Å². The number of hydrogen-bond acceptors (Lipinski definition) is 3. The lowest BCUT2D eigenvalue weighted by Gasteiger charge is -2.33. The minimum absolute atomic E-state index is 0.0924. The van der Waals surface area contributed by atoms with Crippen molar-refractivity contribution >= 4 is 11.6 Å². The van der Waals surface area contributed by atoms with Crippen LogP contribution in [0.1, 0.15) is 31.4 Å². The third-order valence-electron chi connectivity index (χ3n) is 4.47. The third kappa shape index (κ3) is 2.42. The first-order valence-electron chi connectivity index (χ1n) is 6.60. The Morgan fingerprint density at radius 1 is 1.67 bits per heavy atom. The molecule has 1 aromatic heterocycles. The molecule has 0 saturated heterocycles. The minimum Gasteiger partial charge on any atom is -0.394 e. The van der Waals surface area contributed by atoms with Crippen LogP contribution in [0.2, 0.25) is 5.02 Å². The summed E-state index contributed by atoms with van der Waals surface area (Å²) in [4.78, 5) is 0. The van der Waals surface area contributed by atoms with Gasteiger partial charge in [0.1, 0.15) is 0 Å². The van der Waals surface area contributed by atoms with E-state index in [9.17, 15) is 5.11 Å². The molecular formula is C13H22ClN3O. The van der Waals surface area contributed by atoms with Gasteiger partial charge in [-0.1, -0.05) is 18.0 Å². The lowest BCUT2D eigenvalue weighted by atomic mass is 9.85. The smallest absolute Gasteiger partial charge is 0.0814 e. The largest absolute Gasteiger partial charge is 0.394 e. The molecule has 2 rings (SSSR count). The summed E-state index contributed by atoms with van der Waals surface area (Å²) >= 11 is 6.00. The zero-order valence-electron chi connectivity index (χ0n) is 11.1. The van der Waals surface area contributed by atoms with Gasteiger partial charge in [-0.05, 0) is 39.2 Å². The fraction of sp³-hybridized carbons (Fsp3) is 0.769. The molecule has 0 spiro atoms. The van der Waals surface area contributed by atoms with Crippen LogP contribution in [0.3, 0.4) is 0 Å². The van der Waals surface area contributed by atoms with E-state index < -0.39 is 0 Å². The number of hydrogen-bond donors (Lipinski definition) is 2. The number of aryl methyl sites for hydroxylation is 1. The first kappa shape index (κ1) is 13.8. The molecule has 18 heavy (non-hydrogen) atoms. The summed E-state index contributed by atoms with van der Waals surface area (Å²) in [5.41, 5.74) is 0.930. The topological polar surface area (TPSA) is 50.1 Å². The molecular weight excluding hydrogens is 250 g/mol. The van der Waals surface area contributed by atoms with Crippen LogP contribution in [0, 0.1) is 12.8 Å². The summed E-state index contributed by atoms with van der Waals surface area (Å²) in [6, 6.07) is 0. The van der Waals surface area contributed by atoms with E-state index in [4.69, 9.17) is 11.6 Å². The average Bonchev–Trinajstić information content (AvgIpc) is 2.93. The Bertz CT molecular complexity index is 401. The lowest BCUT2D eigenvalue weighted by molar-refractivity contribution is 0.124. The number of likely N-dealkylation sites (N-methyl/N-ethyl adjacent to an activating group) is 1. The van der Waals surface area contributed by atoms with Gasteiger partial charge in [-0.25, -0.2) is 0 Å². The van der Waals surface area contributed by atoms with E-state index in [0.717, 1.165) is 30.1 Å². The molecule has 0 bridgehead atoms. The predicted octanol–water partition coefficient (Wildman–Crippen LogP) is 1.99. The number of nitrogens with one attached hydrogen (secondary N) is 1. The molecule has 1 aromatic rings. The molecule has 1 saturated carbocycles. The Balaban J connectivity index is 1.99. The second kappa shape index (κ2) is 5.59. The van der Waals surface area contributed by atoms with E-state index in [2.05, 4.69) is 10.4 Å². The van der Waals surface area contributed by atoms with Gasteiger partial charge in [0.15, 0.2) is 0 Å². The number of aromatic nitrogens is 2. The van der Waals surface area contributed by atoms with Crippen LogP contribution < -0.4 is 5.32 Å². The van der Waals surface area contributed by atoms with Gasteiger partial charge < -0.3 is 10.4 Å². The molecule has 1 aliphatic carbocycles. The quantitative estimate of drug-likeness (QED) is 0.861. The van der Waals surface area contributed by atoms with Crippen molar-refractivity contribution in [2.75, 3.05) is 13.7 Å². The zero-order chi connectivity index (χ0) is 13.2. The molecule has 2 N–H and O–H groups in total. The van der Waals surface area contributed by atoms with Gasteiger partial charge in [-0.15, -0.1) is 0 Å².